The first-order valence-electron chi connectivity index (χ1n) is 9.03. The van der Waals surface area contributed by atoms with E-state index in [9.17, 15) is 18.0 Å². The van der Waals surface area contributed by atoms with Gasteiger partial charge < -0.3 is 10.1 Å². The summed E-state index contributed by atoms with van der Waals surface area (Å²) in [6.45, 7) is 1.99. The number of hydrogen-bond donors (Lipinski definition) is 2. The van der Waals surface area contributed by atoms with Gasteiger partial charge in [0, 0.05) is 11.1 Å². The summed E-state index contributed by atoms with van der Waals surface area (Å²) < 4.78 is 43.5. The lowest BCUT2D eigenvalue weighted by molar-refractivity contribution is -0.137. The van der Waals surface area contributed by atoms with Crippen LogP contribution in [0.25, 0.3) is 11.3 Å². The SMILES string of the molecule is CCCc1[nH]nc(-c2cccc(OC)c2)c1NC(=O)c1ccc(C(F)(F)F)cc1. The molecule has 2 aromatic carbocycles. The molecule has 3 aromatic rings. The number of aryl methyl sites for hydroxylation is 1. The second-order valence-electron chi connectivity index (χ2n) is 6.44. The number of anilines is 1. The van der Waals surface area contributed by atoms with Crippen molar-refractivity contribution < 1.29 is 22.7 Å². The maximum atomic E-state index is 12.7. The van der Waals surface area contributed by atoms with Crippen LogP contribution in [0.3, 0.4) is 0 Å². The van der Waals surface area contributed by atoms with Crippen LogP contribution in [0.15, 0.2) is 48.5 Å². The summed E-state index contributed by atoms with van der Waals surface area (Å²) in [5, 5.41) is 10.1. The van der Waals surface area contributed by atoms with Gasteiger partial charge in [-0.15, -0.1) is 0 Å². The van der Waals surface area contributed by atoms with Crippen LogP contribution in [-0.4, -0.2) is 23.2 Å². The molecule has 5 nitrogen and oxygen atoms in total. The molecule has 0 atom stereocenters. The second kappa shape index (κ2) is 8.38. The summed E-state index contributed by atoms with van der Waals surface area (Å²) in [6.07, 6.45) is -2.98. The molecule has 0 saturated heterocycles. The third kappa shape index (κ3) is 4.59. The maximum Gasteiger partial charge on any atom is 0.416 e. The Morgan fingerprint density at radius 3 is 2.52 bits per heavy atom. The number of amides is 1. The summed E-state index contributed by atoms with van der Waals surface area (Å²) in [7, 11) is 1.56. The Kier molecular flexibility index (Phi) is 5.91. The summed E-state index contributed by atoms with van der Waals surface area (Å²) in [5.74, 6) is 0.129. The molecule has 0 radical (unpaired) electrons. The number of aromatic amines is 1. The van der Waals surface area contributed by atoms with Gasteiger partial charge in [-0.25, -0.2) is 0 Å². The van der Waals surface area contributed by atoms with E-state index in [4.69, 9.17) is 4.74 Å². The molecule has 3 rings (SSSR count). The molecule has 0 aliphatic carbocycles. The molecule has 0 aliphatic rings. The van der Waals surface area contributed by atoms with Crippen LogP contribution in [0.1, 0.15) is 35.0 Å². The monoisotopic (exact) mass is 403 g/mol. The van der Waals surface area contributed by atoms with Crippen molar-refractivity contribution >= 4 is 11.6 Å². The lowest BCUT2D eigenvalue weighted by Gasteiger charge is -2.10. The number of carbonyl (C=O) groups is 1. The highest BCUT2D eigenvalue weighted by Gasteiger charge is 2.30. The van der Waals surface area contributed by atoms with E-state index < -0.39 is 17.6 Å². The molecule has 0 bridgehead atoms. The minimum absolute atomic E-state index is 0.123. The lowest BCUT2D eigenvalue weighted by Crippen LogP contribution is -2.14. The summed E-state index contributed by atoms with van der Waals surface area (Å²) in [6, 6.07) is 11.3. The number of H-pyrrole nitrogens is 1. The molecule has 2 N–H and O–H groups in total. The predicted octanol–water partition coefficient (Wildman–Crippen LogP) is 5.31. The van der Waals surface area contributed by atoms with Crippen molar-refractivity contribution in [2.45, 2.75) is 25.9 Å². The van der Waals surface area contributed by atoms with Crippen molar-refractivity contribution in [1.29, 1.82) is 0 Å². The van der Waals surface area contributed by atoms with Gasteiger partial charge in [0.2, 0.25) is 0 Å². The standard InChI is InChI=1S/C21H20F3N3O2/c1-3-5-17-19(18(27-26-17)14-6-4-7-16(12-14)29-2)25-20(28)13-8-10-15(11-9-13)21(22,23)24/h4,6-12H,3,5H2,1-2H3,(H,25,28)(H,26,27). The van der Waals surface area contributed by atoms with Crippen LogP contribution < -0.4 is 10.1 Å². The smallest absolute Gasteiger partial charge is 0.416 e. The van der Waals surface area contributed by atoms with Crippen molar-refractivity contribution in [3.63, 3.8) is 0 Å². The van der Waals surface area contributed by atoms with Crippen LogP contribution in [0, 0.1) is 0 Å². The molecule has 8 heteroatoms. The van der Waals surface area contributed by atoms with E-state index in [1.165, 1.54) is 0 Å². The number of nitrogens with one attached hydrogen (secondary N) is 2. The fourth-order valence-corrected chi connectivity index (χ4v) is 2.92. The van der Waals surface area contributed by atoms with Crippen LogP contribution in [-0.2, 0) is 12.6 Å². The maximum absolute atomic E-state index is 12.7. The van der Waals surface area contributed by atoms with Crippen LogP contribution in [0.2, 0.25) is 0 Å². The van der Waals surface area contributed by atoms with Gasteiger partial charge >= 0.3 is 6.18 Å². The van der Waals surface area contributed by atoms with Gasteiger partial charge in [-0.1, -0.05) is 25.5 Å². The molecule has 1 aromatic heterocycles. The molecule has 0 spiro atoms. The zero-order valence-corrected chi connectivity index (χ0v) is 15.9. The van der Waals surface area contributed by atoms with Gasteiger partial charge in [0.05, 0.1) is 24.1 Å². The third-order valence-electron chi connectivity index (χ3n) is 4.40. The molecule has 1 heterocycles. The average Bonchev–Trinajstić information content (AvgIpc) is 3.10. The average molecular weight is 403 g/mol. The van der Waals surface area contributed by atoms with Gasteiger partial charge in [0.15, 0.2) is 0 Å². The molecule has 0 unspecified atom stereocenters. The number of halogens is 3. The highest BCUT2D eigenvalue weighted by atomic mass is 19.4. The molecule has 0 saturated carbocycles. The van der Waals surface area contributed by atoms with Crippen LogP contribution in [0.5, 0.6) is 5.75 Å². The molecular weight excluding hydrogens is 383 g/mol. The molecule has 1 amide bonds. The van der Waals surface area contributed by atoms with E-state index in [-0.39, 0.29) is 5.56 Å². The molecule has 29 heavy (non-hydrogen) atoms. The van der Waals surface area contributed by atoms with Crippen LogP contribution in [0.4, 0.5) is 18.9 Å². The number of alkyl halides is 3. The number of methoxy groups -OCH3 is 1. The van der Waals surface area contributed by atoms with Gasteiger partial charge in [0.25, 0.3) is 5.91 Å². The normalized spacial score (nSPS) is 11.3. The number of nitrogens with zero attached hydrogens (tertiary/aromatic N) is 1. The van der Waals surface area contributed by atoms with E-state index in [1.807, 2.05) is 19.1 Å². The second-order valence-corrected chi connectivity index (χ2v) is 6.44. The van der Waals surface area contributed by atoms with Crippen molar-refractivity contribution in [2.24, 2.45) is 0 Å². The van der Waals surface area contributed by atoms with Crippen molar-refractivity contribution in [3.8, 4) is 17.0 Å². The van der Waals surface area contributed by atoms with Crippen molar-refractivity contribution in [2.75, 3.05) is 12.4 Å². The minimum Gasteiger partial charge on any atom is -0.497 e. The topological polar surface area (TPSA) is 67.0 Å². The highest BCUT2D eigenvalue weighted by Crippen LogP contribution is 2.32. The molecule has 0 aliphatic heterocycles. The van der Waals surface area contributed by atoms with Gasteiger partial charge in [0.1, 0.15) is 11.4 Å². The molecule has 152 valence electrons. The number of carbonyl (C=O) groups excluding carboxylic acids is 1. The van der Waals surface area contributed by atoms with Gasteiger partial charge in [-0.3, -0.25) is 9.89 Å². The van der Waals surface area contributed by atoms with Gasteiger partial charge in [-0.2, -0.15) is 18.3 Å². The Morgan fingerprint density at radius 1 is 1.17 bits per heavy atom. The lowest BCUT2D eigenvalue weighted by atomic mass is 10.1. The first-order chi connectivity index (χ1) is 13.8. The Morgan fingerprint density at radius 2 is 1.90 bits per heavy atom. The fourth-order valence-electron chi connectivity index (χ4n) is 2.92. The number of hydrogen-bond acceptors (Lipinski definition) is 3. The zero-order chi connectivity index (χ0) is 21.0. The first kappa shape index (κ1) is 20.4. The number of ether oxygens (including phenoxy) is 1. The number of aromatic nitrogens is 2. The third-order valence-corrected chi connectivity index (χ3v) is 4.40. The fraction of sp³-hybridized carbons (Fsp3) is 0.238. The minimum atomic E-state index is -4.45. The largest absolute Gasteiger partial charge is 0.497 e. The first-order valence-corrected chi connectivity index (χ1v) is 9.03. The van der Waals surface area contributed by atoms with E-state index in [1.54, 1.807) is 19.2 Å². The van der Waals surface area contributed by atoms with E-state index in [2.05, 4.69) is 15.5 Å². The molecular formula is C21H20F3N3O2. The Hall–Kier alpha value is -3.29. The Bertz CT molecular complexity index is 995. The number of benzene rings is 2. The van der Waals surface area contributed by atoms with Crippen molar-refractivity contribution in [3.05, 3.63) is 65.4 Å². The van der Waals surface area contributed by atoms with E-state index in [0.29, 0.717) is 23.6 Å². The van der Waals surface area contributed by atoms with E-state index in [0.717, 1.165) is 41.9 Å². The quantitative estimate of drug-likeness (QED) is 0.586. The highest BCUT2D eigenvalue weighted by molar-refractivity contribution is 6.06. The zero-order valence-electron chi connectivity index (χ0n) is 15.9. The van der Waals surface area contributed by atoms with Crippen LogP contribution >= 0.6 is 0 Å². The van der Waals surface area contributed by atoms with Crippen molar-refractivity contribution in [1.82, 2.24) is 10.2 Å². The number of rotatable bonds is 6. The summed E-state index contributed by atoms with van der Waals surface area (Å²) >= 11 is 0. The Labute approximate surface area is 165 Å². The molecule has 0 fully saturated rings. The van der Waals surface area contributed by atoms with Gasteiger partial charge in [-0.05, 0) is 42.8 Å². The summed E-state index contributed by atoms with van der Waals surface area (Å²) in [4.78, 5) is 12.7. The van der Waals surface area contributed by atoms with E-state index >= 15 is 0 Å². The Balaban J connectivity index is 1.92. The predicted molar refractivity (Wildman–Crippen MR) is 104 cm³/mol. The summed E-state index contributed by atoms with van der Waals surface area (Å²) in [5.41, 5.74) is 1.84.